The van der Waals surface area contributed by atoms with E-state index in [4.69, 9.17) is 10.3 Å². The Kier molecular flexibility index (Phi) is 1.56. The van der Waals surface area contributed by atoms with E-state index in [0.717, 1.165) is 23.4 Å². The molecule has 14 heavy (non-hydrogen) atoms. The van der Waals surface area contributed by atoms with E-state index in [9.17, 15) is 5.11 Å². The summed E-state index contributed by atoms with van der Waals surface area (Å²) < 4.78 is 5.24. The molecule has 76 valence electrons. The van der Waals surface area contributed by atoms with E-state index in [-0.39, 0.29) is 6.54 Å². The largest absolute Gasteiger partial charge is 0.384 e. The highest BCUT2D eigenvalue weighted by Gasteiger charge is 2.44. The van der Waals surface area contributed by atoms with Crippen LogP contribution >= 0.6 is 0 Å². The zero-order valence-corrected chi connectivity index (χ0v) is 7.99. The summed E-state index contributed by atoms with van der Waals surface area (Å²) in [6, 6.07) is 0. The predicted octanol–water partition coefficient (Wildman–Crippen LogP) is 0.644. The summed E-state index contributed by atoms with van der Waals surface area (Å²) in [5.74, 6) is 1.36. The molecule has 4 heteroatoms. The minimum atomic E-state index is -0.868. The molecule has 1 aromatic heterocycles. The van der Waals surface area contributed by atoms with Gasteiger partial charge in [-0.1, -0.05) is 5.16 Å². The Morgan fingerprint density at radius 1 is 1.57 bits per heavy atom. The molecule has 3 rings (SSSR count). The van der Waals surface area contributed by atoms with Gasteiger partial charge in [0, 0.05) is 18.9 Å². The van der Waals surface area contributed by atoms with Gasteiger partial charge in [0.05, 0.1) is 11.3 Å². The first-order chi connectivity index (χ1) is 6.74. The number of hydrogen-bond acceptors (Lipinski definition) is 4. The normalized spacial score (nSPS) is 30.7. The van der Waals surface area contributed by atoms with Crippen LogP contribution in [0.5, 0.6) is 0 Å². The molecule has 0 amide bonds. The first-order valence-corrected chi connectivity index (χ1v) is 5.16. The quantitative estimate of drug-likeness (QED) is 0.724. The summed E-state index contributed by atoms with van der Waals surface area (Å²) in [6.45, 7) is 0.265. The maximum atomic E-state index is 10.3. The average Bonchev–Trinajstić information content (AvgIpc) is 2.85. The van der Waals surface area contributed by atoms with Crippen LogP contribution in [0.4, 0.5) is 0 Å². The summed E-state index contributed by atoms with van der Waals surface area (Å²) in [5, 5.41) is 14.3. The van der Waals surface area contributed by atoms with E-state index in [2.05, 4.69) is 5.16 Å². The maximum absolute atomic E-state index is 10.3. The number of nitrogens with two attached hydrogens (primary N) is 1. The minimum absolute atomic E-state index is 0.265. The van der Waals surface area contributed by atoms with Gasteiger partial charge in [-0.2, -0.15) is 0 Å². The van der Waals surface area contributed by atoms with Crippen LogP contribution in [0.25, 0.3) is 0 Å². The molecule has 4 nitrogen and oxygen atoms in total. The van der Waals surface area contributed by atoms with Gasteiger partial charge in [-0.05, 0) is 19.3 Å². The third-order valence-electron chi connectivity index (χ3n) is 3.32. The van der Waals surface area contributed by atoms with Crippen molar-refractivity contribution in [2.45, 2.75) is 37.2 Å². The fourth-order valence-electron chi connectivity index (χ4n) is 2.29. The van der Waals surface area contributed by atoms with Crippen molar-refractivity contribution >= 4 is 0 Å². The van der Waals surface area contributed by atoms with E-state index < -0.39 is 5.60 Å². The Labute approximate surface area is 82.1 Å². The average molecular weight is 194 g/mol. The summed E-state index contributed by atoms with van der Waals surface area (Å²) in [7, 11) is 0. The molecule has 1 aromatic rings. The van der Waals surface area contributed by atoms with Crippen molar-refractivity contribution in [1.29, 1.82) is 0 Å². The summed E-state index contributed by atoms with van der Waals surface area (Å²) >= 11 is 0. The van der Waals surface area contributed by atoms with Crippen LogP contribution in [0.3, 0.4) is 0 Å². The van der Waals surface area contributed by atoms with Crippen LogP contribution in [0.1, 0.15) is 42.2 Å². The van der Waals surface area contributed by atoms with Crippen molar-refractivity contribution in [3.63, 3.8) is 0 Å². The Hall–Kier alpha value is -0.870. The summed E-state index contributed by atoms with van der Waals surface area (Å²) in [6.07, 6.45) is 3.78. The second-order valence-electron chi connectivity index (χ2n) is 4.38. The van der Waals surface area contributed by atoms with Crippen molar-refractivity contribution in [1.82, 2.24) is 5.16 Å². The van der Waals surface area contributed by atoms with Crippen LogP contribution in [0.2, 0.25) is 0 Å². The highest BCUT2D eigenvalue weighted by atomic mass is 16.5. The second-order valence-corrected chi connectivity index (χ2v) is 4.38. The lowest BCUT2D eigenvalue weighted by Crippen LogP contribution is -2.33. The molecule has 0 saturated heterocycles. The standard InChI is InChI=1S/C10H14N2O2/c11-5-10(13)4-3-7-8(10)9(12-14-7)6-1-2-6/h6,13H,1-5,11H2. The number of rotatable bonds is 2. The predicted molar refractivity (Wildman–Crippen MR) is 49.8 cm³/mol. The van der Waals surface area contributed by atoms with E-state index in [1.54, 1.807) is 0 Å². The smallest absolute Gasteiger partial charge is 0.143 e. The first-order valence-electron chi connectivity index (χ1n) is 5.16. The lowest BCUT2D eigenvalue weighted by molar-refractivity contribution is 0.0469. The molecule has 0 aromatic carbocycles. The van der Waals surface area contributed by atoms with Gasteiger partial charge in [0.1, 0.15) is 11.4 Å². The number of aryl methyl sites for hydroxylation is 1. The van der Waals surface area contributed by atoms with E-state index in [1.165, 1.54) is 12.8 Å². The van der Waals surface area contributed by atoms with Crippen LogP contribution < -0.4 is 5.73 Å². The molecule has 0 radical (unpaired) electrons. The first kappa shape index (κ1) is 8.44. The molecular weight excluding hydrogens is 180 g/mol. The van der Waals surface area contributed by atoms with Gasteiger partial charge in [0.15, 0.2) is 0 Å². The number of aromatic nitrogens is 1. The minimum Gasteiger partial charge on any atom is -0.384 e. The molecule has 0 spiro atoms. The Morgan fingerprint density at radius 3 is 3.00 bits per heavy atom. The van der Waals surface area contributed by atoms with Gasteiger partial charge in [-0.3, -0.25) is 0 Å². The van der Waals surface area contributed by atoms with Gasteiger partial charge in [-0.25, -0.2) is 0 Å². The van der Waals surface area contributed by atoms with Gasteiger partial charge in [0.2, 0.25) is 0 Å². The topological polar surface area (TPSA) is 72.3 Å². The van der Waals surface area contributed by atoms with Crippen molar-refractivity contribution in [3.05, 3.63) is 17.0 Å². The highest BCUT2D eigenvalue weighted by molar-refractivity contribution is 5.38. The number of nitrogens with zero attached hydrogens (tertiary/aromatic N) is 1. The zero-order chi connectivity index (χ0) is 9.76. The molecule has 0 aliphatic heterocycles. The molecule has 0 bridgehead atoms. The number of hydrogen-bond donors (Lipinski definition) is 2. The Bertz CT molecular complexity index is 370. The van der Waals surface area contributed by atoms with Gasteiger partial charge < -0.3 is 15.4 Å². The molecule has 1 unspecified atom stereocenters. The third kappa shape index (κ3) is 0.980. The molecular formula is C10H14N2O2. The summed E-state index contributed by atoms with van der Waals surface area (Å²) in [4.78, 5) is 0. The monoisotopic (exact) mass is 194 g/mol. The Morgan fingerprint density at radius 2 is 2.36 bits per heavy atom. The molecule has 3 N–H and O–H groups in total. The van der Waals surface area contributed by atoms with Crippen molar-refractivity contribution < 1.29 is 9.63 Å². The Balaban J connectivity index is 2.10. The van der Waals surface area contributed by atoms with E-state index in [1.807, 2.05) is 0 Å². The number of aliphatic hydroxyl groups is 1. The van der Waals surface area contributed by atoms with Crippen LogP contribution in [-0.4, -0.2) is 16.8 Å². The van der Waals surface area contributed by atoms with Crippen molar-refractivity contribution in [3.8, 4) is 0 Å². The van der Waals surface area contributed by atoms with E-state index >= 15 is 0 Å². The van der Waals surface area contributed by atoms with Gasteiger partial charge in [0.25, 0.3) is 0 Å². The fraction of sp³-hybridized carbons (Fsp3) is 0.700. The highest BCUT2D eigenvalue weighted by Crippen LogP contribution is 2.47. The molecule has 1 heterocycles. The van der Waals surface area contributed by atoms with Crippen molar-refractivity contribution in [2.24, 2.45) is 5.73 Å². The summed E-state index contributed by atoms with van der Waals surface area (Å²) in [5.41, 5.74) is 6.61. The van der Waals surface area contributed by atoms with Crippen LogP contribution in [-0.2, 0) is 12.0 Å². The second kappa shape index (κ2) is 2.58. The third-order valence-corrected chi connectivity index (χ3v) is 3.32. The number of fused-ring (bicyclic) bond motifs is 1. The van der Waals surface area contributed by atoms with Crippen molar-refractivity contribution in [2.75, 3.05) is 6.54 Å². The zero-order valence-electron chi connectivity index (χ0n) is 7.99. The fourth-order valence-corrected chi connectivity index (χ4v) is 2.29. The van der Waals surface area contributed by atoms with E-state index in [0.29, 0.717) is 12.3 Å². The lowest BCUT2D eigenvalue weighted by Gasteiger charge is -2.20. The molecule has 2 aliphatic carbocycles. The van der Waals surface area contributed by atoms with Gasteiger partial charge >= 0.3 is 0 Å². The maximum Gasteiger partial charge on any atom is 0.143 e. The molecule has 2 aliphatic rings. The molecule has 1 saturated carbocycles. The molecule has 1 atom stereocenters. The lowest BCUT2D eigenvalue weighted by atomic mass is 9.95. The van der Waals surface area contributed by atoms with Crippen LogP contribution in [0.15, 0.2) is 4.52 Å². The van der Waals surface area contributed by atoms with Crippen LogP contribution in [0, 0.1) is 0 Å². The SMILES string of the molecule is NCC1(O)CCc2onc(C3CC3)c21. The molecule has 1 fully saturated rings. The van der Waals surface area contributed by atoms with Gasteiger partial charge in [-0.15, -0.1) is 0 Å².